The third-order valence-corrected chi connectivity index (χ3v) is 21.5. The van der Waals surface area contributed by atoms with Crippen LogP contribution in [0.1, 0.15) is 34.2 Å². The number of fused-ring (bicyclic) bond motifs is 6. The number of hydrogen-bond donors (Lipinski definition) is 6. The molecule has 12 heterocycles. The highest BCUT2D eigenvalue weighted by atomic mass is 35.5. The topological polar surface area (TPSA) is 336 Å². The number of phenolic OH excluding ortho intramolecular Hbond substituents is 3. The number of phenols is 3. The number of nitrogen functional groups attached to an aromatic ring is 3. The average Bonchev–Trinajstić information content (AvgIpc) is 1.16. The van der Waals surface area contributed by atoms with Gasteiger partial charge in [-0.3, -0.25) is 28.1 Å². The maximum Gasteiger partial charge on any atom is 0.267 e. The molecule has 0 amide bonds. The number of nitrogens with two attached hydrogens (primary N) is 3. The molecule has 0 aliphatic rings. The van der Waals surface area contributed by atoms with Crippen molar-refractivity contribution in [3.8, 4) is 68.1 Å². The second-order valence-electron chi connectivity index (χ2n) is 25.2. The molecule has 0 radical (unpaired) electrons. The number of aromatic nitrogens is 15. The van der Waals surface area contributed by atoms with Gasteiger partial charge in [-0.1, -0.05) is 66.2 Å². The molecule has 0 fully saturated rings. The Morgan fingerprint density at radius 2 is 0.752 bits per heavy atom. The summed E-state index contributed by atoms with van der Waals surface area (Å²) < 4.78 is 53.4. The van der Waals surface area contributed by atoms with Crippen molar-refractivity contribution in [2.75, 3.05) is 17.2 Å². The second kappa shape index (κ2) is 28.1. The first-order chi connectivity index (χ1) is 52.7. The highest BCUT2D eigenvalue weighted by molar-refractivity contribution is 7.17. The van der Waals surface area contributed by atoms with E-state index in [1.807, 2.05) is 43.0 Å². The molecule has 0 saturated heterocycles. The number of thiophene rings is 3. The maximum atomic E-state index is 14.9. The van der Waals surface area contributed by atoms with E-state index in [4.69, 9.17) is 59.0 Å². The van der Waals surface area contributed by atoms with Gasteiger partial charge in [0.2, 0.25) is 0 Å². The first-order valence-corrected chi connectivity index (χ1v) is 36.3. The molecule has 0 unspecified atom stereocenters. The van der Waals surface area contributed by atoms with Crippen molar-refractivity contribution in [3.05, 3.63) is 280 Å². The fourth-order valence-electron chi connectivity index (χ4n) is 13.1. The first kappa shape index (κ1) is 69.9. The summed E-state index contributed by atoms with van der Waals surface area (Å²) in [6, 6.07) is 41.3. The van der Waals surface area contributed by atoms with Crippen LogP contribution in [0, 0.1) is 38.2 Å². The number of halogens is 4. The molecule has 31 heteroatoms. The van der Waals surface area contributed by atoms with E-state index in [1.54, 1.807) is 154 Å². The molecular weight excluding hydrogens is 1470 g/mol. The van der Waals surface area contributed by atoms with Crippen LogP contribution in [0.25, 0.3) is 115 Å². The summed E-state index contributed by atoms with van der Waals surface area (Å²) in [7, 11) is 0. The highest BCUT2D eigenvalue weighted by Crippen LogP contribution is 2.39. The first-order valence-electron chi connectivity index (χ1n) is 33.3. The van der Waals surface area contributed by atoms with Gasteiger partial charge in [0.1, 0.15) is 103 Å². The standard InChI is InChI=1S/C26H18ClFN6O2S.2C26H19FN6O2S/c1-13-12-37-25-21(13)26(36)34(18-5-3-2-4-16(18)28)20(31-25)11-33-24-22(17(29)8-9-30-24)23(32-33)14-6-7-15(27)19(35)10-14;1-14-13-36-25-21(14)26(35)33(19-8-3-2-7-17(19)27)20(30-25)12-32-24-22(18(28)9-10-29-24)23(31-32)15-5-4-6-16(34)11-15;1-14-13-36-25-21(14)26(35)33(19-5-3-2-4-17(19)27)20(30-25)12-32-24-22(18(28)10-11-29-24)23(31-32)15-6-8-16(34)9-7-15/h2-10,12,35H,11H2,1H3,(H2,29,30);2*2-11,13,34H,12H2,1H3,(H2,28,29). The lowest BCUT2D eigenvalue weighted by Gasteiger charge is -2.14. The lowest BCUT2D eigenvalue weighted by molar-refractivity contribution is 0.475. The summed E-state index contributed by atoms with van der Waals surface area (Å²) in [5.74, 6) is -0.611. The van der Waals surface area contributed by atoms with Crippen molar-refractivity contribution in [1.29, 1.82) is 0 Å². The average molecular weight is 1530 g/mol. The zero-order valence-corrected chi connectivity index (χ0v) is 60.5. The lowest BCUT2D eigenvalue weighted by atomic mass is 10.1. The quantitative estimate of drug-likeness (QED) is 0.0662. The van der Waals surface area contributed by atoms with Crippen molar-refractivity contribution in [3.63, 3.8) is 0 Å². The van der Waals surface area contributed by atoms with E-state index in [2.05, 4.69) is 15.0 Å². The summed E-state index contributed by atoms with van der Waals surface area (Å²) in [4.78, 5) is 70.3. The number of pyridine rings is 3. The summed E-state index contributed by atoms with van der Waals surface area (Å²) in [5, 5.41) is 53.1. The summed E-state index contributed by atoms with van der Waals surface area (Å²) in [5.41, 5.74) is 26.9. The van der Waals surface area contributed by atoms with Gasteiger partial charge in [-0.05, 0) is 157 Å². The van der Waals surface area contributed by atoms with Crippen LogP contribution in [0.3, 0.4) is 0 Å². The summed E-state index contributed by atoms with van der Waals surface area (Å²) in [6.45, 7) is 5.58. The van der Waals surface area contributed by atoms with Crippen LogP contribution in [-0.4, -0.2) is 88.3 Å². The van der Waals surface area contributed by atoms with Gasteiger partial charge >= 0.3 is 0 Å². The number of anilines is 3. The smallest absolute Gasteiger partial charge is 0.267 e. The van der Waals surface area contributed by atoms with Crippen molar-refractivity contribution in [1.82, 2.24) is 72.9 Å². The molecule has 18 rings (SSSR count). The highest BCUT2D eigenvalue weighted by Gasteiger charge is 2.27. The molecule has 12 aromatic heterocycles. The van der Waals surface area contributed by atoms with Crippen LogP contribution in [-0.2, 0) is 19.6 Å². The Balaban J connectivity index is 0.000000124. The molecule has 24 nitrogen and oxygen atoms in total. The number of nitrogens with zero attached hydrogens (tertiary/aromatic N) is 15. The third kappa shape index (κ3) is 12.6. The van der Waals surface area contributed by atoms with Gasteiger partial charge in [0, 0.05) is 52.3 Å². The van der Waals surface area contributed by atoms with Gasteiger partial charge < -0.3 is 32.5 Å². The molecular formula is C78H56ClF3N18O6S3. The van der Waals surface area contributed by atoms with Crippen LogP contribution in [0.15, 0.2) is 207 Å². The Bertz CT molecular complexity index is 6910. The third-order valence-electron chi connectivity index (χ3n) is 18.2. The van der Waals surface area contributed by atoms with Crippen molar-refractivity contribution >= 4 is 126 Å². The van der Waals surface area contributed by atoms with Crippen molar-refractivity contribution < 1.29 is 28.5 Å². The monoisotopic (exact) mass is 1530 g/mol. The maximum absolute atomic E-state index is 14.9. The van der Waals surface area contributed by atoms with E-state index >= 15 is 0 Å². The summed E-state index contributed by atoms with van der Waals surface area (Å²) >= 11 is 10.1. The molecule has 0 atom stereocenters. The van der Waals surface area contributed by atoms with E-state index in [0.717, 1.165) is 22.3 Å². The van der Waals surface area contributed by atoms with Crippen LogP contribution in [0.2, 0.25) is 5.02 Å². The predicted octanol–water partition coefficient (Wildman–Crippen LogP) is 14.6. The minimum Gasteiger partial charge on any atom is -0.508 e. The van der Waals surface area contributed by atoms with E-state index in [9.17, 15) is 42.9 Å². The van der Waals surface area contributed by atoms with Gasteiger partial charge in [-0.15, -0.1) is 34.0 Å². The van der Waals surface area contributed by atoms with E-state index in [-0.39, 0.29) is 81.5 Å². The van der Waals surface area contributed by atoms with E-state index in [1.165, 1.54) is 78.0 Å². The Morgan fingerprint density at radius 1 is 0.404 bits per heavy atom. The molecule has 18 aromatic rings. The number of rotatable bonds is 12. The van der Waals surface area contributed by atoms with Gasteiger partial charge in [0.05, 0.1) is 54.4 Å². The normalized spacial score (nSPS) is 11.5. The molecule has 540 valence electrons. The predicted molar refractivity (Wildman–Crippen MR) is 419 cm³/mol. The molecule has 0 bridgehead atoms. The number of benzene rings is 6. The number of para-hydroxylation sites is 3. The SMILES string of the molecule is Cc1csc2nc(Cn3nc(-c4ccc(Cl)c(O)c4)c4c(N)ccnc43)n(-c3ccccc3F)c(=O)c12.Cc1csc2nc(Cn3nc(-c4ccc(O)cc4)c4c(N)ccnc43)n(-c3ccccc3F)c(=O)c12.Cc1csc2nc(Cn3nc(-c4cccc(O)c4)c4c(N)ccnc43)n(-c3ccccc3F)c(=O)c12. The lowest BCUT2D eigenvalue weighted by Crippen LogP contribution is -2.26. The van der Waals surface area contributed by atoms with E-state index < -0.39 is 17.5 Å². The number of hydrogen-bond acceptors (Lipinski definition) is 21. The minimum atomic E-state index is -0.551. The summed E-state index contributed by atoms with van der Waals surface area (Å²) in [6.07, 6.45) is 4.72. The molecule has 0 saturated carbocycles. The largest absolute Gasteiger partial charge is 0.508 e. The van der Waals surface area contributed by atoms with Gasteiger partial charge in [0.25, 0.3) is 16.7 Å². The second-order valence-corrected chi connectivity index (χ2v) is 28.2. The Labute approximate surface area is 629 Å². The molecule has 109 heavy (non-hydrogen) atoms. The molecule has 0 spiro atoms. The van der Waals surface area contributed by atoms with Crippen LogP contribution in [0.5, 0.6) is 17.2 Å². The fourth-order valence-corrected chi connectivity index (χ4v) is 16.0. The van der Waals surface area contributed by atoms with Crippen molar-refractivity contribution in [2.45, 2.75) is 40.4 Å². The molecule has 6 aromatic carbocycles. The number of aromatic hydroxyl groups is 3. The minimum absolute atomic E-state index is 0.00296. The van der Waals surface area contributed by atoms with Gasteiger partial charge in [-0.2, -0.15) is 15.3 Å². The fraction of sp³-hybridized carbons (Fsp3) is 0.0769. The zero-order valence-electron chi connectivity index (χ0n) is 57.3. The Hall–Kier alpha value is -13.4. The zero-order chi connectivity index (χ0) is 75.8. The number of aryl methyl sites for hydroxylation is 3. The Morgan fingerprint density at radius 3 is 1.11 bits per heavy atom. The van der Waals surface area contributed by atoms with Gasteiger partial charge in [-0.25, -0.2) is 57.1 Å². The van der Waals surface area contributed by atoms with Gasteiger partial charge in [0.15, 0.2) is 16.9 Å². The van der Waals surface area contributed by atoms with Crippen molar-refractivity contribution in [2.24, 2.45) is 0 Å². The van der Waals surface area contributed by atoms with Crippen LogP contribution in [0.4, 0.5) is 30.2 Å². The molecule has 0 aliphatic carbocycles. The molecule has 9 N–H and O–H groups in total. The molecule has 0 aliphatic heterocycles. The van der Waals surface area contributed by atoms with Crippen LogP contribution < -0.4 is 33.9 Å². The van der Waals surface area contributed by atoms with E-state index in [0.29, 0.717) is 121 Å². The Kier molecular flexibility index (Phi) is 18.0. The van der Waals surface area contributed by atoms with Crippen LogP contribution >= 0.6 is 45.6 Å².